The van der Waals surface area contributed by atoms with Crippen LogP contribution >= 0.6 is 0 Å². The van der Waals surface area contributed by atoms with Gasteiger partial charge in [-0.3, -0.25) is 9.59 Å². The van der Waals surface area contributed by atoms with E-state index in [9.17, 15) is 22.8 Å². The van der Waals surface area contributed by atoms with Gasteiger partial charge in [0.05, 0.1) is 22.9 Å². The number of hydrogen-bond donors (Lipinski definition) is 2. The van der Waals surface area contributed by atoms with Crippen LogP contribution in [-0.4, -0.2) is 11.8 Å². The molecule has 0 radical (unpaired) electrons. The third-order valence-electron chi connectivity index (χ3n) is 2.94. The zero-order valence-electron chi connectivity index (χ0n) is 12.0. The van der Waals surface area contributed by atoms with E-state index in [2.05, 4.69) is 5.32 Å². The van der Waals surface area contributed by atoms with Crippen LogP contribution in [0.2, 0.25) is 0 Å². The molecule has 2 aromatic carbocycles. The summed E-state index contributed by atoms with van der Waals surface area (Å²) < 4.78 is 38.5. The van der Waals surface area contributed by atoms with Gasteiger partial charge in [0.15, 0.2) is 0 Å². The summed E-state index contributed by atoms with van der Waals surface area (Å²) in [5.41, 5.74) is -1.14. The van der Waals surface area contributed by atoms with Crippen molar-refractivity contribution in [3.05, 3.63) is 59.7 Å². The number of benzene rings is 2. The lowest BCUT2D eigenvalue weighted by Crippen LogP contribution is -2.30. The van der Waals surface area contributed by atoms with Gasteiger partial charge in [-0.1, -0.05) is 18.2 Å². The molecule has 0 fully saturated rings. The van der Waals surface area contributed by atoms with E-state index in [1.807, 2.05) is 11.4 Å². The van der Waals surface area contributed by atoms with Gasteiger partial charge in [0.25, 0.3) is 0 Å². The van der Waals surface area contributed by atoms with E-state index in [-0.39, 0.29) is 11.3 Å². The van der Waals surface area contributed by atoms with E-state index in [0.29, 0.717) is 0 Å². The zero-order valence-corrected chi connectivity index (χ0v) is 12.0. The Morgan fingerprint density at radius 2 is 1.62 bits per heavy atom. The van der Waals surface area contributed by atoms with Crippen molar-refractivity contribution in [2.75, 3.05) is 10.6 Å². The maximum absolute atomic E-state index is 12.8. The highest BCUT2D eigenvalue weighted by molar-refractivity contribution is 6.43. The Bertz CT molecular complexity index is 826. The molecule has 2 N–H and O–H groups in total. The summed E-state index contributed by atoms with van der Waals surface area (Å²) in [5, 5.41) is 12.9. The fraction of sp³-hybridized carbons (Fsp3) is 0.0625. The summed E-state index contributed by atoms with van der Waals surface area (Å²) in [6, 6.07) is 11.9. The van der Waals surface area contributed by atoms with Crippen LogP contribution in [0.15, 0.2) is 48.5 Å². The van der Waals surface area contributed by atoms with Crippen molar-refractivity contribution < 1.29 is 22.8 Å². The standard InChI is InChI=1S/C16H10F3N3O2/c17-16(18,19)12-6-1-2-7-13(12)22-15(24)14(23)21-11-5-3-4-10(8-11)9-20/h1-8H,(H,21,23)(H,22,24). The summed E-state index contributed by atoms with van der Waals surface area (Å²) in [5.74, 6) is -2.41. The molecule has 0 aromatic heterocycles. The molecule has 0 saturated carbocycles. The Kier molecular flexibility index (Phi) is 4.84. The van der Waals surface area contributed by atoms with E-state index in [4.69, 9.17) is 5.26 Å². The second kappa shape index (κ2) is 6.83. The van der Waals surface area contributed by atoms with Crippen LogP contribution < -0.4 is 10.6 Å². The molecule has 5 nitrogen and oxygen atoms in total. The zero-order chi connectivity index (χ0) is 17.7. The first-order valence-electron chi connectivity index (χ1n) is 6.60. The Morgan fingerprint density at radius 1 is 0.958 bits per heavy atom. The molecule has 0 aliphatic carbocycles. The van der Waals surface area contributed by atoms with E-state index >= 15 is 0 Å². The highest BCUT2D eigenvalue weighted by Crippen LogP contribution is 2.34. The van der Waals surface area contributed by atoms with Gasteiger partial charge in [-0.2, -0.15) is 18.4 Å². The number of para-hydroxylation sites is 1. The highest BCUT2D eigenvalue weighted by Gasteiger charge is 2.34. The van der Waals surface area contributed by atoms with Crippen LogP contribution in [-0.2, 0) is 15.8 Å². The first-order valence-corrected chi connectivity index (χ1v) is 6.60. The van der Waals surface area contributed by atoms with Crippen LogP contribution in [0.4, 0.5) is 24.5 Å². The smallest absolute Gasteiger partial charge is 0.318 e. The summed E-state index contributed by atoms with van der Waals surface area (Å²) >= 11 is 0. The number of halogens is 3. The van der Waals surface area contributed by atoms with E-state index in [1.165, 1.54) is 36.4 Å². The summed E-state index contributed by atoms with van der Waals surface area (Å²) in [6.07, 6.45) is -4.67. The molecule has 8 heteroatoms. The van der Waals surface area contributed by atoms with Gasteiger partial charge in [-0.05, 0) is 30.3 Å². The largest absolute Gasteiger partial charge is 0.418 e. The Morgan fingerprint density at radius 3 is 2.29 bits per heavy atom. The molecule has 0 aliphatic rings. The number of rotatable bonds is 2. The van der Waals surface area contributed by atoms with Crippen LogP contribution in [0.5, 0.6) is 0 Å². The third kappa shape index (κ3) is 4.10. The molecule has 0 spiro atoms. The molecule has 0 unspecified atom stereocenters. The minimum Gasteiger partial charge on any atom is -0.318 e. The molecule has 2 aromatic rings. The van der Waals surface area contributed by atoms with E-state index in [0.717, 1.165) is 12.1 Å². The monoisotopic (exact) mass is 333 g/mol. The number of alkyl halides is 3. The van der Waals surface area contributed by atoms with Gasteiger partial charge < -0.3 is 10.6 Å². The van der Waals surface area contributed by atoms with Crippen LogP contribution in [0.25, 0.3) is 0 Å². The predicted molar refractivity (Wildman–Crippen MR) is 79.9 cm³/mol. The minimum absolute atomic E-state index is 0.179. The van der Waals surface area contributed by atoms with Crippen molar-refractivity contribution >= 4 is 23.2 Å². The molecule has 0 aliphatic heterocycles. The van der Waals surface area contributed by atoms with Crippen molar-refractivity contribution in [1.29, 1.82) is 5.26 Å². The van der Waals surface area contributed by atoms with Crippen LogP contribution in [0.1, 0.15) is 11.1 Å². The molecule has 2 rings (SSSR count). The fourth-order valence-electron chi connectivity index (χ4n) is 1.87. The maximum atomic E-state index is 12.8. The van der Waals surface area contributed by atoms with Crippen molar-refractivity contribution in [2.24, 2.45) is 0 Å². The molecule has 0 atom stereocenters. The average molecular weight is 333 g/mol. The lowest BCUT2D eigenvalue weighted by Gasteiger charge is -2.13. The van der Waals surface area contributed by atoms with Gasteiger partial charge in [-0.25, -0.2) is 0 Å². The predicted octanol–water partition coefficient (Wildman–Crippen LogP) is 3.15. The molecular weight excluding hydrogens is 323 g/mol. The summed E-state index contributed by atoms with van der Waals surface area (Å²) in [6.45, 7) is 0. The Labute approximate surface area is 134 Å². The number of anilines is 2. The van der Waals surface area contributed by atoms with E-state index < -0.39 is 29.2 Å². The number of nitriles is 1. The van der Waals surface area contributed by atoms with Crippen molar-refractivity contribution in [1.82, 2.24) is 0 Å². The number of nitrogens with zero attached hydrogens (tertiary/aromatic N) is 1. The summed E-state index contributed by atoms with van der Waals surface area (Å²) in [7, 11) is 0. The first-order chi connectivity index (χ1) is 11.3. The molecule has 122 valence electrons. The minimum atomic E-state index is -4.67. The molecule has 0 saturated heterocycles. The van der Waals surface area contributed by atoms with Gasteiger partial charge >= 0.3 is 18.0 Å². The van der Waals surface area contributed by atoms with Gasteiger partial charge in [-0.15, -0.1) is 0 Å². The lowest BCUT2D eigenvalue weighted by atomic mass is 10.1. The second-order valence-corrected chi connectivity index (χ2v) is 4.64. The number of nitrogens with one attached hydrogen (secondary N) is 2. The highest BCUT2D eigenvalue weighted by atomic mass is 19.4. The average Bonchev–Trinajstić information content (AvgIpc) is 2.54. The first kappa shape index (κ1) is 17.0. The number of hydrogen-bond acceptors (Lipinski definition) is 3. The molecular formula is C16H10F3N3O2. The fourth-order valence-corrected chi connectivity index (χ4v) is 1.87. The molecule has 2 amide bonds. The molecule has 0 heterocycles. The van der Waals surface area contributed by atoms with E-state index in [1.54, 1.807) is 0 Å². The Hall–Kier alpha value is -3.34. The van der Waals surface area contributed by atoms with Crippen LogP contribution in [0.3, 0.4) is 0 Å². The quantitative estimate of drug-likeness (QED) is 0.828. The van der Waals surface area contributed by atoms with Gasteiger partial charge in [0.1, 0.15) is 0 Å². The Balaban J connectivity index is 2.13. The van der Waals surface area contributed by atoms with Gasteiger partial charge in [0, 0.05) is 5.69 Å². The third-order valence-corrected chi connectivity index (χ3v) is 2.94. The van der Waals surface area contributed by atoms with Crippen molar-refractivity contribution in [3.63, 3.8) is 0 Å². The molecule has 0 bridgehead atoms. The number of carbonyl (C=O) groups is 2. The number of carbonyl (C=O) groups excluding carboxylic acids is 2. The van der Waals surface area contributed by atoms with Crippen molar-refractivity contribution in [3.8, 4) is 6.07 Å². The maximum Gasteiger partial charge on any atom is 0.418 e. The normalized spacial score (nSPS) is 10.6. The second-order valence-electron chi connectivity index (χ2n) is 4.64. The van der Waals surface area contributed by atoms with Crippen LogP contribution in [0, 0.1) is 11.3 Å². The molecule has 24 heavy (non-hydrogen) atoms. The number of amides is 2. The lowest BCUT2D eigenvalue weighted by molar-refractivity contribution is -0.137. The van der Waals surface area contributed by atoms with Gasteiger partial charge in [0.2, 0.25) is 0 Å². The summed E-state index contributed by atoms with van der Waals surface area (Å²) in [4.78, 5) is 23.6. The van der Waals surface area contributed by atoms with Crippen molar-refractivity contribution in [2.45, 2.75) is 6.18 Å². The SMILES string of the molecule is N#Cc1cccc(NC(=O)C(=O)Nc2ccccc2C(F)(F)F)c1. The topological polar surface area (TPSA) is 82.0 Å².